The van der Waals surface area contributed by atoms with Gasteiger partial charge in [0.2, 0.25) is 5.91 Å². The first kappa shape index (κ1) is 11.1. The molecule has 1 amide bonds. The zero-order chi connectivity index (χ0) is 11.4. The number of rotatable bonds is 5. The Morgan fingerprint density at radius 2 is 2.19 bits per heavy atom. The number of carbonyl (C=O) groups is 1. The first-order valence-corrected chi connectivity index (χ1v) is 5.64. The molecule has 0 aromatic heterocycles. The van der Waals surface area contributed by atoms with Crippen LogP contribution in [0.1, 0.15) is 17.9 Å². The molecule has 0 aliphatic heterocycles. The maximum Gasteiger partial charge on any atom is 0.223 e. The van der Waals surface area contributed by atoms with Crippen LogP contribution in [0.5, 0.6) is 0 Å². The highest BCUT2D eigenvalue weighted by atomic mass is 16.5. The largest absolute Gasteiger partial charge is 0.383 e. The van der Waals surface area contributed by atoms with Crippen molar-refractivity contribution in [1.29, 1.82) is 0 Å². The lowest BCUT2D eigenvalue weighted by molar-refractivity contribution is -0.122. The molecule has 1 aromatic rings. The van der Waals surface area contributed by atoms with Gasteiger partial charge in [-0.25, -0.2) is 0 Å². The Balaban J connectivity index is 1.80. The molecule has 1 N–H and O–H groups in total. The highest BCUT2D eigenvalue weighted by molar-refractivity contribution is 5.82. The number of benzene rings is 1. The van der Waals surface area contributed by atoms with Crippen molar-refractivity contribution in [2.45, 2.75) is 12.3 Å². The van der Waals surface area contributed by atoms with Gasteiger partial charge in [0.15, 0.2) is 0 Å². The highest BCUT2D eigenvalue weighted by Gasteiger charge is 2.43. The van der Waals surface area contributed by atoms with E-state index < -0.39 is 0 Å². The minimum absolute atomic E-state index is 0.158. The fourth-order valence-electron chi connectivity index (χ4n) is 1.96. The van der Waals surface area contributed by atoms with E-state index >= 15 is 0 Å². The number of ether oxygens (including phenoxy) is 1. The second kappa shape index (κ2) is 5.12. The van der Waals surface area contributed by atoms with E-state index in [2.05, 4.69) is 17.4 Å². The normalized spacial score (nSPS) is 22.8. The number of amides is 1. The van der Waals surface area contributed by atoms with Crippen LogP contribution in [-0.2, 0) is 9.53 Å². The van der Waals surface area contributed by atoms with Crippen molar-refractivity contribution in [3.05, 3.63) is 35.9 Å². The van der Waals surface area contributed by atoms with E-state index in [0.717, 1.165) is 6.42 Å². The average molecular weight is 219 g/mol. The van der Waals surface area contributed by atoms with Gasteiger partial charge in [-0.1, -0.05) is 30.3 Å². The smallest absolute Gasteiger partial charge is 0.223 e. The molecule has 16 heavy (non-hydrogen) atoms. The third kappa shape index (κ3) is 2.61. The van der Waals surface area contributed by atoms with Gasteiger partial charge in [-0.05, 0) is 17.9 Å². The predicted octanol–water partition coefficient (Wildman–Crippen LogP) is 1.55. The molecule has 1 aliphatic rings. The van der Waals surface area contributed by atoms with Gasteiger partial charge in [-0.3, -0.25) is 4.79 Å². The van der Waals surface area contributed by atoms with Crippen LogP contribution < -0.4 is 5.32 Å². The number of nitrogens with one attached hydrogen (secondary N) is 1. The third-order valence-corrected chi connectivity index (χ3v) is 2.96. The molecule has 2 unspecified atom stereocenters. The molecule has 0 heterocycles. The van der Waals surface area contributed by atoms with Crippen LogP contribution in [0.15, 0.2) is 30.3 Å². The van der Waals surface area contributed by atoms with Gasteiger partial charge in [-0.15, -0.1) is 0 Å². The number of methoxy groups -OCH3 is 1. The molecule has 1 aromatic carbocycles. The van der Waals surface area contributed by atoms with Gasteiger partial charge in [0.25, 0.3) is 0 Å². The van der Waals surface area contributed by atoms with Crippen LogP contribution in [0.2, 0.25) is 0 Å². The van der Waals surface area contributed by atoms with Gasteiger partial charge < -0.3 is 10.1 Å². The summed E-state index contributed by atoms with van der Waals surface area (Å²) in [7, 11) is 1.63. The summed E-state index contributed by atoms with van der Waals surface area (Å²) in [5.74, 6) is 0.744. The van der Waals surface area contributed by atoms with Crippen molar-refractivity contribution < 1.29 is 9.53 Å². The lowest BCUT2D eigenvalue weighted by atomic mass is 10.1. The zero-order valence-corrected chi connectivity index (χ0v) is 9.48. The summed E-state index contributed by atoms with van der Waals surface area (Å²) in [5.41, 5.74) is 1.27. The Bertz CT molecular complexity index is 350. The molecule has 1 fully saturated rings. The number of carbonyl (C=O) groups excluding carboxylic acids is 1. The van der Waals surface area contributed by atoms with E-state index in [1.165, 1.54) is 5.56 Å². The molecule has 0 bridgehead atoms. The molecule has 1 aliphatic carbocycles. The quantitative estimate of drug-likeness (QED) is 0.763. The summed E-state index contributed by atoms with van der Waals surface area (Å²) in [5, 5.41) is 2.88. The van der Waals surface area contributed by atoms with Crippen LogP contribution >= 0.6 is 0 Å². The fraction of sp³-hybridized carbons (Fsp3) is 0.462. The summed E-state index contributed by atoms with van der Waals surface area (Å²) in [6.07, 6.45) is 0.975. The van der Waals surface area contributed by atoms with Crippen molar-refractivity contribution in [1.82, 2.24) is 5.32 Å². The topological polar surface area (TPSA) is 38.3 Å². The standard InChI is InChI=1S/C13H17NO2/c1-16-8-7-14-13(15)12-9-11(12)10-5-3-2-4-6-10/h2-6,11-12H,7-9H2,1H3,(H,14,15). The Morgan fingerprint density at radius 1 is 1.44 bits per heavy atom. The van der Waals surface area contributed by atoms with Crippen molar-refractivity contribution in [2.75, 3.05) is 20.3 Å². The SMILES string of the molecule is COCCNC(=O)C1CC1c1ccccc1. The Labute approximate surface area is 95.8 Å². The van der Waals surface area contributed by atoms with Crippen LogP contribution in [0.3, 0.4) is 0 Å². The zero-order valence-electron chi connectivity index (χ0n) is 9.48. The van der Waals surface area contributed by atoms with Crippen LogP contribution in [0.25, 0.3) is 0 Å². The first-order chi connectivity index (χ1) is 7.83. The van der Waals surface area contributed by atoms with E-state index in [1.807, 2.05) is 18.2 Å². The van der Waals surface area contributed by atoms with E-state index in [1.54, 1.807) is 7.11 Å². The fourth-order valence-corrected chi connectivity index (χ4v) is 1.96. The lowest BCUT2D eigenvalue weighted by Crippen LogP contribution is -2.28. The first-order valence-electron chi connectivity index (χ1n) is 5.64. The second-order valence-electron chi connectivity index (χ2n) is 4.14. The van der Waals surface area contributed by atoms with E-state index in [4.69, 9.17) is 4.74 Å². The maximum atomic E-state index is 11.7. The second-order valence-corrected chi connectivity index (χ2v) is 4.14. The van der Waals surface area contributed by atoms with Gasteiger partial charge in [-0.2, -0.15) is 0 Å². The summed E-state index contributed by atoms with van der Waals surface area (Å²) in [6.45, 7) is 1.18. The Kier molecular flexibility index (Phi) is 3.57. The number of hydrogen-bond acceptors (Lipinski definition) is 2. The highest BCUT2D eigenvalue weighted by Crippen LogP contribution is 2.47. The molecule has 2 rings (SSSR count). The molecule has 1 saturated carbocycles. The average Bonchev–Trinajstić information content (AvgIpc) is 3.10. The summed E-state index contributed by atoms with van der Waals surface area (Å²) in [6, 6.07) is 10.2. The minimum atomic E-state index is 0.158. The van der Waals surface area contributed by atoms with Crippen LogP contribution in [0, 0.1) is 5.92 Å². The van der Waals surface area contributed by atoms with Crippen LogP contribution in [0.4, 0.5) is 0 Å². The molecule has 0 radical (unpaired) electrons. The molecular weight excluding hydrogens is 202 g/mol. The minimum Gasteiger partial charge on any atom is -0.383 e. The molecule has 3 nitrogen and oxygen atoms in total. The monoisotopic (exact) mass is 219 g/mol. The van der Waals surface area contributed by atoms with Crippen molar-refractivity contribution in [2.24, 2.45) is 5.92 Å². The van der Waals surface area contributed by atoms with E-state index in [0.29, 0.717) is 19.1 Å². The van der Waals surface area contributed by atoms with E-state index in [9.17, 15) is 4.79 Å². The molecule has 3 heteroatoms. The molecule has 2 atom stereocenters. The van der Waals surface area contributed by atoms with Crippen molar-refractivity contribution in [3.8, 4) is 0 Å². The van der Waals surface area contributed by atoms with Crippen molar-refractivity contribution in [3.63, 3.8) is 0 Å². The van der Waals surface area contributed by atoms with Gasteiger partial charge in [0.05, 0.1) is 6.61 Å². The van der Waals surface area contributed by atoms with E-state index in [-0.39, 0.29) is 11.8 Å². The molecule has 0 saturated heterocycles. The molecule has 0 spiro atoms. The van der Waals surface area contributed by atoms with Gasteiger partial charge in [0.1, 0.15) is 0 Å². The third-order valence-electron chi connectivity index (χ3n) is 2.96. The Morgan fingerprint density at radius 3 is 2.88 bits per heavy atom. The van der Waals surface area contributed by atoms with Gasteiger partial charge >= 0.3 is 0 Å². The summed E-state index contributed by atoms with van der Waals surface area (Å²) in [4.78, 5) is 11.7. The maximum absolute atomic E-state index is 11.7. The van der Waals surface area contributed by atoms with Crippen molar-refractivity contribution >= 4 is 5.91 Å². The Hall–Kier alpha value is -1.35. The lowest BCUT2D eigenvalue weighted by Gasteiger charge is -2.03. The predicted molar refractivity (Wildman–Crippen MR) is 62.2 cm³/mol. The molecule has 86 valence electrons. The van der Waals surface area contributed by atoms with Gasteiger partial charge in [0, 0.05) is 19.6 Å². The summed E-state index contributed by atoms with van der Waals surface area (Å²) >= 11 is 0. The number of hydrogen-bond donors (Lipinski definition) is 1. The molecular formula is C13H17NO2. The van der Waals surface area contributed by atoms with Crippen LogP contribution in [-0.4, -0.2) is 26.2 Å². The summed E-state index contributed by atoms with van der Waals surface area (Å²) < 4.78 is 4.89.